The van der Waals surface area contributed by atoms with Gasteiger partial charge in [0.1, 0.15) is 18.4 Å². The molecule has 3 nitrogen and oxygen atoms in total. The maximum Gasteiger partial charge on any atom is 0.124 e. The van der Waals surface area contributed by atoms with E-state index in [0.717, 1.165) is 49.0 Å². The van der Waals surface area contributed by atoms with Crippen LogP contribution in [0, 0.1) is 5.82 Å². The van der Waals surface area contributed by atoms with Crippen LogP contribution in [0.5, 0.6) is 0 Å². The van der Waals surface area contributed by atoms with Crippen LogP contribution in [-0.2, 0) is 17.9 Å². The molecule has 24 heavy (non-hydrogen) atoms. The van der Waals surface area contributed by atoms with E-state index in [1.165, 1.54) is 12.1 Å². The monoisotopic (exact) mass is 348 g/mol. The van der Waals surface area contributed by atoms with Gasteiger partial charge in [0.05, 0.1) is 5.69 Å². The lowest BCUT2D eigenvalue weighted by Crippen LogP contribution is -2.22. The molecule has 132 valence electrons. The van der Waals surface area contributed by atoms with Crippen molar-refractivity contribution in [3.63, 3.8) is 0 Å². The molecular weight excluding hydrogens is 319 g/mol. The van der Waals surface area contributed by atoms with Crippen molar-refractivity contribution in [1.29, 1.82) is 0 Å². The van der Waals surface area contributed by atoms with Crippen molar-refractivity contribution in [2.24, 2.45) is 0 Å². The number of unbranched alkanes of at least 4 members (excludes halogenated alkanes) is 1. The van der Waals surface area contributed by atoms with E-state index in [2.05, 4.69) is 31.1 Å². The number of rotatable bonds is 9. The molecule has 0 aliphatic heterocycles. The minimum absolute atomic E-state index is 0.223. The van der Waals surface area contributed by atoms with E-state index in [0.29, 0.717) is 6.73 Å². The minimum Gasteiger partial charge on any atom is -0.361 e. The van der Waals surface area contributed by atoms with E-state index in [-0.39, 0.29) is 5.82 Å². The number of imidazole rings is 1. The Morgan fingerprint density at radius 3 is 2.50 bits per heavy atom. The van der Waals surface area contributed by atoms with Crippen molar-refractivity contribution < 1.29 is 9.13 Å². The fourth-order valence-corrected chi connectivity index (χ4v) is 3.16. The Hall–Kier alpha value is -1.46. The number of ether oxygens (including phenoxy) is 1. The second-order valence-electron chi connectivity index (χ2n) is 7.47. The summed E-state index contributed by atoms with van der Waals surface area (Å²) in [6.07, 6.45) is 5.20. The Morgan fingerprint density at radius 1 is 1.17 bits per heavy atom. The van der Waals surface area contributed by atoms with Gasteiger partial charge < -0.3 is 9.30 Å². The van der Waals surface area contributed by atoms with Crippen molar-refractivity contribution in [2.45, 2.75) is 58.6 Å². The smallest absolute Gasteiger partial charge is 0.124 e. The zero-order valence-electron chi connectivity index (χ0n) is 15.3. The van der Waals surface area contributed by atoms with Gasteiger partial charge in [0.15, 0.2) is 0 Å². The first kappa shape index (κ1) is 18.9. The Kier molecular flexibility index (Phi) is 6.75. The first-order valence-corrected chi connectivity index (χ1v) is 12.5. The molecule has 0 unspecified atom stereocenters. The van der Waals surface area contributed by atoms with Gasteiger partial charge in [-0.2, -0.15) is 0 Å². The fraction of sp³-hybridized carbons (Fsp3) is 0.526. The van der Waals surface area contributed by atoms with Gasteiger partial charge >= 0.3 is 0 Å². The topological polar surface area (TPSA) is 27.1 Å². The number of halogens is 1. The lowest BCUT2D eigenvalue weighted by Gasteiger charge is -2.16. The van der Waals surface area contributed by atoms with Gasteiger partial charge in [-0.05, 0) is 36.7 Å². The van der Waals surface area contributed by atoms with Crippen LogP contribution in [0.3, 0.4) is 0 Å². The maximum absolute atomic E-state index is 13.1. The molecule has 0 saturated carbocycles. The van der Waals surface area contributed by atoms with Gasteiger partial charge in [-0.3, -0.25) is 0 Å². The Bertz CT molecular complexity index is 632. The molecule has 1 heterocycles. The number of aryl methyl sites for hydroxylation is 1. The first-order chi connectivity index (χ1) is 11.4. The van der Waals surface area contributed by atoms with Gasteiger partial charge in [-0.25, -0.2) is 9.37 Å². The van der Waals surface area contributed by atoms with E-state index in [9.17, 15) is 4.39 Å². The number of hydrogen-bond acceptors (Lipinski definition) is 2. The summed E-state index contributed by atoms with van der Waals surface area (Å²) in [4.78, 5) is 4.74. The third kappa shape index (κ3) is 5.87. The summed E-state index contributed by atoms with van der Waals surface area (Å²) in [5.74, 6) is 0.822. The Labute approximate surface area is 145 Å². The van der Waals surface area contributed by atoms with Crippen LogP contribution in [0.4, 0.5) is 4.39 Å². The van der Waals surface area contributed by atoms with Gasteiger partial charge in [0, 0.05) is 32.9 Å². The largest absolute Gasteiger partial charge is 0.361 e. The zero-order valence-corrected chi connectivity index (χ0v) is 16.3. The molecule has 0 atom stereocenters. The van der Waals surface area contributed by atoms with Crippen LogP contribution in [0.1, 0.15) is 25.6 Å². The molecule has 0 aliphatic rings. The molecule has 2 rings (SSSR count). The van der Waals surface area contributed by atoms with Gasteiger partial charge in [-0.1, -0.05) is 33.0 Å². The van der Waals surface area contributed by atoms with Crippen LogP contribution in [0.2, 0.25) is 25.7 Å². The molecule has 5 heteroatoms. The first-order valence-electron chi connectivity index (χ1n) is 8.79. The van der Waals surface area contributed by atoms with E-state index in [1.807, 2.05) is 6.20 Å². The van der Waals surface area contributed by atoms with Crippen LogP contribution >= 0.6 is 0 Å². The van der Waals surface area contributed by atoms with Crippen molar-refractivity contribution in [3.05, 3.63) is 42.1 Å². The van der Waals surface area contributed by atoms with Crippen LogP contribution in [-0.4, -0.2) is 24.2 Å². The molecule has 0 radical (unpaired) electrons. The quantitative estimate of drug-likeness (QED) is 0.451. The lowest BCUT2D eigenvalue weighted by atomic mass is 10.2. The number of aromatic nitrogens is 2. The summed E-state index contributed by atoms with van der Waals surface area (Å²) < 4.78 is 21.1. The second kappa shape index (κ2) is 8.58. The summed E-state index contributed by atoms with van der Waals surface area (Å²) in [5.41, 5.74) is 1.82. The molecule has 2 aromatic rings. The standard InChI is InChI=1S/C19H29FN2OSi/c1-5-6-7-19-21-18(16-8-10-17(20)11-9-16)14-22(19)15-23-12-13-24(2,3)4/h8-11,14H,5-7,12-13,15H2,1-4H3. The summed E-state index contributed by atoms with van der Waals surface area (Å²) in [7, 11) is -1.07. The third-order valence-electron chi connectivity index (χ3n) is 3.98. The summed E-state index contributed by atoms with van der Waals surface area (Å²) in [5, 5.41) is 0. The third-order valence-corrected chi connectivity index (χ3v) is 5.68. The van der Waals surface area contributed by atoms with Crippen molar-refractivity contribution in [3.8, 4) is 11.3 Å². The van der Waals surface area contributed by atoms with Crippen molar-refractivity contribution in [2.75, 3.05) is 6.61 Å². The number of hydrogen-bond donors (Lipinski definition) is 0. The molecule has 0 aliphatic carbocycles. The molecule has 1 aromatic carbocycles. The molecular formula is C19H29FN2OSi. The average molecular weight is 349 g/mol. The normalized spacial score (nSPS) is 11.9. The molecule has 0 N–H and O–H groups in total. The highest BCUT2D eigenvalue weighted by Crippen LogP contribution is 2.20. The highest BCUT2D eigenvalue weighted by atomic mass is 28.3. The second-order valence-corrected chi connectivity index (χ2v) is 13.1. The predicted octanol–water partition coefficient (Wildman–Crippen LogP) is 5.34. The highest BCUT2D eigenvalue weighted by molar-refractivity contribution is 6.76. The number of benzene rings is 1. The van der Waals surface area contributed by atoms with Gasteiger partial charge in [0.25, 0.3) is 0 Å². The summed E-state index contributed by atoms with van der Waals surface area (Å²) in [6.45, 7) is 10.6. The van der Waals surface area contributed by atoms with E-state index >= 15 is 0 Å². The maximum atomic E-state index is 13.1. The van der Waals surface area contributed by atoms with Crippen LogP contribution in [0.25, 0.3) is 11.3 Å². The van der Waals surface area contributed by atoms with E-state index < -0.39 is 8.07 Å². The summed E-state index contributed by atoms with van der Waals surface area (Å²) in [6, 6.07) is 7.67. The molecule has 0 saturated heterocycles. The van der Waals surface area contributed by atoms with Crippen LogP contribution < -0.4 is 0 Å². The molecule has 0 bridgehead atoms. The lowest BCUT2D eigenvalue weighted by molar-refractivity contribution is 0.0851. The highest BCUT2D eigenvalue weighted by Gasteiger charge is 2.13. The minimum atomic E-state index is -1.07. The van der Waals surface area contributed by atoms with Crippen molar-refractivity contribution >= 4 is 8.07 Å². The fourth-order valence-electron chi connectivity index (χ4n) is 2.40. The molecule has 0 amide bonds. The predicted molar refractivity (Wildman–Crippen MR) is 100 cm³/mol. The zero-order chi connectivity index (χ0) is 17.6. The van der Waals surface area contributed by atoms with Gasteiger partial charge in [0.2, 0.25) is 0 Å². The SMILES string of the molecule is CCCCc1nc(-c2ccc(F)cc2)cn1COCC[Si](C)(C)C. The number of nitrogens with zero attached hydrogens (tertiary/aromatic N) is 2. The molecule has 0 spiro atoms. The Morgan fingerprint density at radius 2 is 1.88 bits per heavy atom. The van der Waals surface area contributed by atoms with Crippen LogP contribution in [0.15, 0.2) is 30.5 Å². The average Bonchev–Trinajstić information content (AvgIpc) is 2.92. The van der Waals surface area contributed by atoms with Gasteiger partial charge in [-0.15, -0.1) is 0 Å². The summed E-state index contributed by atoms with van der Waals surface area (Å²) >= 11 is 0. The Balaban J connectivity index is 2.08. The van der Waals surface area contributed by atoms with E-state index in [4.69, 9.17) is 9.72 Å². The van der Waals surface area contributed by atoms with Crippen molar-refractivity contribution in [1.82, 2.24) is 9.55 Å². The molecule has 0 fully saturated rings. The molecule has 1 aromatic heterocycles. The van der Waals surface area contributed by atoms with E-state index in [1.54, 1.807) is 12.1 Å².